The first-order valence-corrected chi connectivity index (χ1v) is 7.36. The Morgan fingerprint density at radius 2 is 2.11 bits per heavy atom. The van der Waals surface area contributed by atoms with Crippen LogP contribution in [0.2, 0.25) is 0 Å². The van der Waals surface area contributed by atoms with Crippen LogP contribution in [-0.4, -0.2) is 21.5 Å². The van der Waals surface area contributed by atoms with Crippen LogP contribution in [0, 0.1) is 0 Å². The van der Waals surface area contributed by atoms with Crippen LogP contribution in [-0.2, 0) is 0 Å². The minimum Gasteiger partial charge on any atom is -0.307 e. The number of aromatic nitrogens is 2. The maximum atomic E-state index is 5.62. The van der Waals surface area contributed by atoms with Gasteiger partial charge in [-0.25, -0.2) is 5.84 Å². The van der Waals surface area contributed by atoms with Gasteiger partial charge in [-0.05, 0) is 30.3 Å². The molecule has 5 nitrogen and oxygen atoms in total. The number of nitrogens with zero attached hydrogens (tertiary/aromatic N) is 3. The molecule has 3 N–H and O–H groups in total. The van der Waals surface area contributed by atoms with Gasteiger partial charge in [0, 0.05) is 0 Å². The molecule has 100 valence electrons. The van der Waals surface area contributed by atoms with Crippen LogP contribution in [0.4, 0.5) is 0 Å². The quantitative estimate of drug-likeness (QED) is 0.381. The Bertz CT molecular complexity index is 406. The lowest BCUT2D eigenvalue weighted by Crippen LogP contribution is -2.33. The van der Waals surface area contributed by atoms with Crippen LogP contribution in [0.5, 0.6) is 0 Å². The Balaban J connectivity index is 2.21. The maximum Gasteiger partial charge on any atom is 0.156 e. The van der Waals surface area contributed by atoms with Crippen molar-refractivity contribution in [1.82, 2.24) is 15.0 Å². The van der Waals surface area contributed by atoms with Gasteiger partial charge >= 0.3 is 0 Å². The van der Waals surface area contributed by atoms with E-state index in [0.717, 1.165) is 29.2 Å². The second kappa shape index (κ2) is 6.24. The van der Waals surface area contributed by atoms with Gasteiger partial charge in [0.1, 0.15) is 4.88 Å². The topological polar surface area (TPSA) is 76.2 Å². The molecule has 1 heterocycles. The second-order valence-corrected chi connectivity index (χ2v) is 5.81. The Morgan fingerprint density at radius 3 is 2.72 bits per heavy atom. The van der Waals surface area contributed by atoms with E-state index in [2.05, 4.69) is 28.9 Å². The number of aliphatic imine (C=N–C) groups is 1. The first-order valence-electron chi connectivity index (χ1n) is 6.59. The molecule has 0 amide bonds. The second-order valence-electron chi connectivity index (χ2n) is 5.06. The highest BCUT2D eigenvalue weighted by Gasteiger charge is 2.19. The summed E-state index contributed by atoms with van der Waals surface area (Å²) < 4.78 is 4.02. The number of nitrogens with one attached hydrogen (secondary N) is 1. The molecule has 0 unspecified atom stereocenters. The third-order valence-electron chi connectivity index (χ3n) is 3.30. The first-order chi connectivity index (χ1) is 8.72. The summed E-state index contributed by atoms with van der Waals surface area (Å²) in [6, 6.07) is 0.395. The zero-order valence-corrected chi connectivity index (χ0v) is 11.8. The molecule has 0 aromatic carbocycles. The van der Waals surface area contributed by atoms with Gasteiger partial charge in [0.2, 0.25) is 0 Å². The molecule has 1 aromatic heterocycles. The van der Waals surface area contributed by atoms with E-state index in [9.17, 15) is 0 Å². The average molecular weight is 267 g/mol. The fraction of sp³-hybridized carbons (Fsp3) is 0.750. The molecule has 0 spiro atoms. The van der Waals surface area contributed by atoms with Gasteiger partial charge < -0.3 is 5.43 Å². The van der Waals surface area contributed by atoms with Crippen molar-refractivity contribution in [3.8, 4) is 0 Å². The van der Waals surface area contributed by atoms with Crippen LogP contribution in [0.3, 0.4) is 0 Å². The van der Waals surface area contributed by atoms with E-state index in [4.69, 9.17) is 10.8 Å². The van der Waals surface area contributed by atoms with Gasteiger partial charge in [0.25, 0.3) is 0 Å². The highest BCUT2D eigenvalue weighted by atomic mass is 32.1. The van der Waals surface area contributed by atoms with Gasteiger partial charge in [0.15, 0.2) is 5.84 Å². The summed E-state index contributed by atoms with van der Waals surface area (Å²) in [5, 5.41) is 4.17. The molecule has 0 aliphatic heterocycles. The fourth-order valence-corrected chi connectivity index (χ4v) is 3.07. The minimum atomic E-state index is 0.337. The van der Waals surface area contributed by atoms with E-state index in [1.165, 1.54) is 30.8 Å². The van der Waals surface area contributed by atoms with Crippen molar-refractivity contribution in [2.45, 2.75) is 57.9 Å². The standard InChI is InChI=1S/C12H21N5S/c1-8(2)10-11(18-17-16-10)12(15-13)14-9-6-4-3-5-7-9/h8-9H,3-7,13H2,1-2H3,(H,14,15). The van der Waals surface area contributed by atoms with Crippen molar-refractivity contribution in [3.05, 3.63) is 10.6 Å². The van der Waals surface area contributed by atoms with E-state index in [1.54, 1.807) is 0 Å². The van der Waals surface area contributed by atoms with Crippen LogP contribution >= 0.6 is 11.5 Å². The van der Waals surface area contributed by atoms with Crippen LogP contribution in [0.15, 0.2) is 4.99 Å². The summed E-state index contributed by atoms with van der Waals surface area (Å²) in [7, 11) is 0. The number of hydrazine groups is 1. The normalized spacial score (nSPS) is 18.3. The number of amidine groups is 1. The van der Waals surface area contributed by atoms with E-state index in [-0.39, 0.29) is 0 Å². The summed E-state index contributed by atoms with van der Waals surface area (Å²) in [6.45, 7) is 4.21. The lowest BCUT2D eigenvalue weighted by molar-refractivity contribution is 0.442. The zero-order valence-electron chi connectivity index (χ0n) is 11.0. The van der Waals surface area contributed by atoms with Gasteiger partial charge in [-0.2, -0.15) is 0 Å². The predicted octanol–water partition coefficient (Wildman–Crippen LogP) is 2.20. The molecule has 0 radical (unpaired) electrons. The minimum absolute atomic E-state index is 0.337. The molecule has 6 heteroatoms. The van der Waals surface area contributed by atoms with E-state index in [1.807, 2.05) is 0 Å². The molecule has 2 rings (SSSR count). The van der Waals surface area contributed by atoms with Crippen molar-refractivity contribution in [1.29, 1.82) is 0 Å². The van der Waals surface area contributed by atoms with Crippen molar-refractivity contribution in [2.75, 3.05) is 0 Å². The van der Waals surface area contributed by atoms with E-state index < -0.39 is 0 Å². The molecule has 1 saturated carbocycles. The van der Waals surface area contributed by atoms with Crippen molar-refractivity contribution in [2.24, 2.45) is 10.8 Å². The monoisotopic (exact) mass is 267 g/mol. The number of hydrogen-bond acceptors (Lipinski definition) is 5. The van der Waals surface area contributed by atoms with Crippen LogP contribution in [0.25, 0.3) is 0 Å². The Hall–Kier alpha value is -1.01. The molecule has 1 aromatic rings. The highest BCUT2D eigenvalue weighted by Crippen LogP contribution is 2.23. The fourth-order valence-electron chi connectivity index (χ4n) is 2.29. The Morgan fingerprint density at radius 1 is 1.39 bits per heavy atom. The first kappa shape index (κ1) is 13.4. The molecule has 0 bridgehead atoms. The SMILES string of the molecule is CC(C)c1nnsc1C(=NC1CCCCC1)NN. The average Bonchev–Trinajstić information content (AvgIpc) is 2.86. The molecule has 0 saturated heterocycles. The predicted molar refractivity (Wildman–Crippen MR) is 74.7 cm³/mol. The van der Waals surface area contributed by atoms with Gasteiger partial charge in [0.05, 0.1) is 11.7 Å². The summed E-state index contributed by atoms with van der Waals surface area (Å²) in [5.41, 5.74) is 3.71. The lowest BCUT2D eigenvalue weighted by Gasteiger charge is -2.19. The highest BCUT2D eigenvalue weighted by molar-refractivity contribution is 7.08. The summed E-state index contributed by atoms with van der Waals surface area (Å²) in [4.78, 5) is 5.73. The largest absolute Gasteiger partial charge is 0.307 e. The van der Waals surface area contributed by atoms with E-state index >= 15 is 0 Å². The summed E-state index contributed by atoms with van der Waals surface area (Å²) in [5.74, 6) is 6.71. The number of rotatable bonds is 3. The molecular weight excluding hydrogens is 246 g/mol. The smallest absolute Gasteiger partial charge is 0.156 e. The molecular formula is C12H21N5S. The molecule has 1 aliphatic rings. The number of nitrogens with two attached hydrogens (primary N) is 1. The zero-order chi connectivity index (χ0) is 13.0. The Kier molecular flexibility index (Phi) is 4.66. The van der Waals surface area contributed by atoms with Crippen LogP contribution in [0.1, 0.15) is 62.4 Å². The third-order valence-corrected chi connectivity index (χ3v) is 4.05. The molecule has 1 aliphatic carbocycles. The third kappa shape index (κ3) is 3.05. The van der Waals surface area contributed by atoms with E-state index in [0.29, 0.717) is 12.0 Å². The van der Waals surface area contributed by atoms with Gasteiger partial charge in [-0.1, -0.05) is 37.6 Å². The van der Waals surface area contributed by atoms with Crippen LogP contribution < -0.4 is 11.3 Å². The van der Waals surface area contributed by atoms with Gasteiger partial charge in [-0.15, -0.1) is 5.10 Å². The lowest BCUT2D eigenvalue weighted by atomic mass is 9.96. The van der Waals surface area contributed by atoms with Crippen molar-refractivity contribution < 1.29 is 0 Å². The summed E-state index contributed by atoms with van der Waals surface area (Å²) in [6.07, 6.45) is 6.19. The molecule has 1 fully saturated rings. The Labute approximate surface area is 112 Å². The number of hydrogen-bond donors (Lipinski definition) is 2. The van der Waals surface area contributed by atoms with Gasteiger partial charge in [-0.3, -0.25) is 4.99 Å². The molecule has 18 heavy (non-hydrogen) atoms. The summed E-state index contributed by atoms with van der Waals surface area (Å²) >= 11 is 1.36. The molecule has 0 atom stereocenters. The maximum absolute atomic E-state index is 5.62. The van der Waals surface area contributed by atoms with Crippen molar-refractivity contribution >= 4 is 17.4 Å². The van der Waals surface area contributed by atoms with Crippen molar-refractivity contribution in [3.63, 3.8) is 0 Å².